The van der Waals surface area contributed by atoms with E-state index in [4.69, 9.17) is 9.05 Å². The molecular weight excluding hydrogens is 263 g/mol. The second-order valence-corrected chi connectivity index (χ2v) is 6.42. The van der Waals surface area contributed by atoms with Gasteiger partial charge in [0.05, 0.1) is 18.9 Å². The van der Waals surface area contributed by atoms with Crippen LogP contribution in [0, 0.1) is 6.92 Å². The van der Waals surface area contributed by atoms with Crippen LogP contribution in [0.25, 0.3) is 0 Å². The Bertz CT molecular complexity index is 431. The fourth-order valence-electron chi connectivity index (χ4n) is 1.90. The highest BCUT2D eigenvalue weighted by molar-refractivity contribution is 7.54. The molecule has 0 saturated carbocycles. The number of carbonyl (C=O) groups is 1. The molecule has 19 heavy (non-hydrogen) atoms. The van der Waals surface area contributed by atoms with Crippen LogP contribution in [0.2, 0.25) is 0 Å². The molecule has 0 saturated heterocycles. The van der Waals surface area contributed by atoms with Crippen LogP contribution in [0.1, 0.15) is 37.1 Å². The molecule has 0 spiro atoms. The van der Waals surface area contributed by atoms with E-state index in [1.54, 1.807) is 13.8 Å². The highest BCUT2D eigenvalue weighted by Gasteiger charge is 2.36. The normalized spacial score (nSPS) is 13.2. The minimum atomic E-state index is -3.31. The molecule has 4 nitrogen and oxygen atoms in total. The van der Waals surface area contributed by atoms with Crippen LogP contribution < -0.4 is 0 Å². The first-order valence-electron chi connectivity index (χ1n) is 6.46. The number of aryl methyl sites for hydroxylation is 1. The van der Waals surface area contributed by atoms with E-state index >= 15 is 0 Å². The largest absolute Gasteiger partial charge is 0.338 e. The van der Waals surface area contributed by atoms with E-state index in [1.165, 1.54) is 0 Å². The van der Waals surface area contributed by atoms with E-state index in [0.717, 1.165) is 17.4 Å². The molecule has 1 rings (SSSR count). The van der Waals surface area contributed by atoms with Gasteiger partial charge in [-0.2, -0.15) is 0 Å². The van der Waals surface area contributed by atoms with Crippen molar-refractivity contribution in [2.45, 2.75) is 32.9 Å². The van der Waals surface area contributed by atoms with Gasteiger partial charge in [-0.25, -0.2) is 0 Å². The minimum absolute atomic E-state index is 0.125. The molecule has 0 heterocycles. The van der Waals surface area contributed by atoms with Crippen LogP contribution in [-0.2, 0) is 18.4 Å². The second kappa shape index (κ2) is 7.59. The Morgan fingerprint density at radius 1 is 1.16 bits per heavy atom. The molecule has 1 unspecified atom stereocenters. The first-order valence-corrected chi connectivity index (χ1v) is 8.07. The van der Waals surface area contributed by atoms with E-state index in [1.807, 2.05) is 31.2 Å². The molecule has 1 aromatic rings. The molecule has 0 aliphatic heterocycles. The van der Waals surface area contributed by atoms with Crippen LogP contribution >= 0.6 is 7.60 Å². The van der Waals surface area contributed by atoms with Gasteiger partial charge in [-0.3, -0.25) is 4.57 Å². The Morgan fingerprint density at radius 3 is 2.11 bits per heavy atom. The van der Waals surface area contributed by atoms with Crippen LogP contribution in [0.4, 0.5) is 0 Å². The minimum Gasteiger partial charge on any atom is -0.308 e. The summed E-state index contributed by atoms with van der Waals surface area (Å²) < 4.78 is 23.5. The molecule has 0 aliphatic rings. The van der Waals surface area contributed by atoms with Crippen LogP contribution in [0.5, 0.6) is 0 Å². The van der Waals surface area contributed by atoms with E-state index in [9.17, 15) is 9.36 Å². The number of rotatable bonds is 8. The molecular formula is C14H21O4P. The third-order valence-corrected chi connectivity index (χ3v) is 5.29. The van der Waals surface area contributed by atoms with E-state index in [2.05, 4.69) is 0 Å². The van der Waals surface area contributed by atoms with Gasteiger partial charge in [-0.05, 0) is 26.3 Å². The Labute approximate surface area is 114 Å². The van der Waals surface area contributed by atoms with Gasteiger partial charge in [0, 0.05) is 6.42 Å². The third-order valence-electron chi connectivity index (χ3n) is 2.78. The Morgan fingerprint density at radius 2 is 1.68 bits per heavy atom. The quantitative estimate of drug-likeness (QED) is 0.537. The highest BCUT2D eigenvalue weighted by Crippen LogP contribution is 2.62. The van der Waals surface area contributed by atoms with Gasteiger partial charge in [0.1, 0.15) is 6.29 Å². The van der Waals surface area contributed by atoms with Crippen molar-refractivity contribution >= 4 is 13.9 Å². The molecule has 0 N–H and O–H groups in total. The first-order chi connectivity index (χ1) is 9.07. The lowest BCUT2D eigenvalue weighted by Gasteiger charge is -2.25. The zero-order valence-corrected chi connectivity index (χ0v) is 12.6. The van der Waals surface area contributed by atoms with Gasteiger partial charge in [0.15, 0.2) is 0 Å². The van der Waals surface area contributed by atoms with Crippen LogP contribution in [-0.4, -0.2) is 19.5 Å². The van der Waals surface area contributed by atoms with Crippen LogP contribution in [0.3, 0.4) is 0 Å². The summed E-state index contributed by atoms with van der Waals surface area (Å²) >= 11 is 0. The predicted octanol–water partition coefficient (Wildman–Crippen LogP) is 3.89. The summed E-state index contributed by atoms with van der Waals surface area (Å²) in [5, 5.41) is 0. The average Bonchev–Trinajstić information content (AvgIpc) is 2.38. The second-order valence-electron chi connectivity index (χ2n) is 4.20. The first kappa shape index (κ1) is 16.1. The number of hydrogen-bond donors (Lipinski definition) is 0. The van der Waals surface area contributed by atoms with Gasteiger partial charge < -0.3 is 13.8 Å². The SMILES string of the molecule is CCOP(=O)(OCC)C(CC=O)c1ccc(C)cc1. The maximum atomic E-state index is 12.8. The Kier molecular flexibility index (Phi) is 6.43. The standard InChI is InChI=1S/C14H21O4P/c1-4-17-19(16,18-5-2)14(10-11-15)13-8-6-12(3)7-9-13/h6-9,11,14H,4-5,10H2,1-3H3. The number of hydrogen-bond acceptors (Lipinski definition) is 4. The van der Waals surface area contributed by atoms with Crippen molar-refractivity contribution in [1.29, 1.82) is 0 Å². The summed E-state index contributed by atoms with van der Waals surface area (Å²) in [4.78, 5) is 10.9. The van der Waals surface area contributed by atoms with Gasteiger partial charge in [0.2, 0.25) is 0 Å². The molecule has 0 radical (unpaired) electrons. The van der Waals surface area contributed by atoms with Gasteiger partial charge in [-0.15, -0.1) is 0 Å². The lowest BCUT2D eigenvalue weighted by molar-refractivity contribution is -0.108. The van der Waals surface area contributed by atoms with Gasteiger partial charge in [0.25, 0.3) is 0 Å². The Hall–Kier alpha value is -0.960. The topological polar surface area (TPSA) is 52.6 Å². The van der Waals surface area contributed by atoms with Crippen molar-refractivity contribution in [3.8, 4) is 0 Å². The molecule has 106 valence electrons. The monoisotopic (exact) mass is 284 g/mol. The molecule has 1 atom stereocenters. The van der Waals surface area contributed by atoms with Crippen molar-refractivity contribution in [3.05, 3.63) is 35.4 Å². The zero-order valence-electron chi connectivity index (χ0n) is 11.7. The van der Waals surface area contributed by atoms with E-state index in [0.29, 0.717) is 13.2 Å². The maximum Gasteiger partial charge on any atom is 0.338 e. The van der Waals surface area contributed by atoms with Gasteiger partial charge >= 0.3 is 7.60 Å². The third kappa shape index (κ3) is 4.27. The summed E-state index contributed by atoms with van der Waals surface area (Å²) in [7, 11) is -3.31. The molecule has 0 fully saturated rings. The van der Waals surface area contributed by atoms with Crippen molar-refractivity contribution in [1.82, 2.24) is 0 Å². The number of benzene rings is 1. The van der Waals surface area contributed by atoms with Crippen molar-refractivity contribution < 1.29 is 18.4 Å². The summed E-state index contributed by atoms with van der Waals surface area (Å²) in [5.74, 6) is 0. The fourth-order valence-corrected chi connectivity index (χ4v) is 3.94. The highest BCUT2D eigenvalue weighted by atomic mass is 31.2. The number of carbonyl (C=O) groups excluding carboxylic acids is 1. The van der Waals surface area contributed by atoms with Crippen molar-refractivity contribution in [3.63, 3.8) is 0 Å². The molecule has 0 aliphatic carbocycles. The molecule has 5 heteroatoms. The summed E-state index contributed by atoms with van der Waals surface area (Å²) in [6, 6.07) is 7.59. The molecule has 0 amide bonds. The lowest BCUT2D eigenvalue weighted by atomic mass is 10.1. The number of aldehydes is 1. The van der Waals surface area contributed by atoms with E-state index < -0.39 is 13.3 Å². The molecule has 1 aromatic carbocycles. The lowest BCUT2D eigenvalue weighted by Crippen LogP contribution is -2.07. The van der Waals surface area contributed by atoms with Crippen molar-refractivity contribution in [2.75, 3.05) is 13.2 Å². The van der Waals surface area contributed by atoms with E-state index in [-0.39, 0.29) is 6.42 Å². The summed E-state index contributed by atoms with van der Waals surface area (Å²) in [5.41, 5.74) is 1.38. The average molecular weight is 284 g/mol. The molecule has 0 aromatic heterocycles. The summed E-state index contributed by atoms with van der Waals surface area (Å²) in [6.07, 6.45) is 0.884. The summed E-state index contributed by atoms with van der Waals surface area (Å²) in [6.45, 7) is 6.08. The fraction of sp³-hybridized carbons (Fsp3) is 0.500. The maximum absolute atomic E-state index is 12.8. The predicted molar refractivity (Wildman–Crippen MR) is 75.5 cm³/mol. The molecule has 0 bridgehead atoms. The van der Waals surface area contributed by atoms with Crippen LogP contribution in [0.15, 0.2) is 24.3 Å². The van der Waals surface area contributed by atoms with Gasteiger partial charge in [-0.1, -0.05) is 29.8 Å². The zero-order chi connectivity index (χ0) is 14.3. The smallest absolute Gasteiger partial charge is 0.308 e. The Balaban J connectivity index is 3.12. The van der Waals surface area contributed by atoms with Crippen molar-refractivity contribution in [2.24, 2.45) is 0 Å².